The van der Waals surface area contributed by atoms with E-state index in [-0.39, 0.29) is 16.9 Å². The minimum Gasteiger partial charge on any atom is -0.508 e. The van der Waals surface area contributed by atoms with Gasteiger partial charge in [0, 0.05) is 21.0 Å². The summed E-state index contributed by atoms with van der Waals surface area (Å²) >= 11 is 3.43. The lowest BCUT2D eigenvalue weighted by molar-refractivity contribution is 0.105. The van der Waals surface area contributed by atoms with Crippen molar-refractivity contribution in [2.75, 3.05) is 0 Å². The SMILES string of the molecule is CC1(C)C2=C(C(=O)c3ccc(O)cc31)c1cc(Br)c(C#N)cc1C2. The van der Waals surface area contributed by atoms with Gasteiger partial charge in [-0.1, -0.05) is 13.8 Å². The molecule has 0 amide bonds. The minimum absolute atomic E-state index is 0.00492. The number of nitrogens with zero attached hydrogens (tertiary/aromatic N) is 1. The number of hydrogen-bond acceptors (Lipinski definition) is 3. The Balaban J connectivity index is 1.99. The molecule has 0 aromatic heterocycles. The normalized spacial score (nSPS) is 17.2. The molecule has 0 spiro atoms. The summed E-state index contributed by atoms with van der Waals surface area (Å²) in [4.78, 5) is 13.1. The molecular formula is C20H14BrNO2. The van der Waals surface area contributed by atoms with Crippen LogP contribution in [-0.4, -0.2) is 10.9 Å². The van der Waals surface area contributed by atoms with Crippen LogP contribution in [0.2, 0.25) is 0 Å². The van der Waals surface area contributed by atoms with Crippen molar-refractivity contribution in [2.45, 2.75) is 25.7 Å². The van der Waals surface area contributed by atoms with Gasteiger partial charge in [-0.05, 0) is 74.9 Å². The van der Waals surface area contributed by atoms with Crippen LogP contribution in [0, 0.1) is 11.3 Å². The van der Waals surface area contributed by atoms with Crippen molar-refractivity contribution < 1.29 is 9.90 Å². The van der Waals surface area contributed by atoms with Crippen LogP contribution in [0.3, 0.4) is 0 Å². The first kappa shape index (κ1) is 15.2. The molecule has 0 radical (unpaired) electrons. The van der Waals surface area contributed by atoms with Gasteiger partial charge >= 0.3 is 0 Å². The zero-order chi connectivity index (χ0) is 17.2. The van der Waals surface area contributed by atoms with E-state index < -0.39 is 0 Å². The summed E-state index contributed by atoms with van der Waals surface area (Å²) in [5, 5.41) is 19.1. The van der Waals surface area contributed by atoms with Gasteiger partial charge in [0.1, 0.15) is 11.8 Å². The summed E-state index contributed by atoms with van der Waals surface area (Å²) in [5.41, 5.74) is 5.46. The Morgan fingerprint density at radius 3 is 2.67 bits per heavy atom. The molecule has 0 aliphatic heterocycles. The van der Waals surface area contributed by atoms with Crippen LogP contribution in [0.15, 0.2) is 40.4 Å². The Kier molecular flexibility index (Phi) is 3.04. The lowest BCUT2D eigenvalue weighted by atomic mass is 9.68. The highest BCUT2D eigenvalue weighted by atomic mass is 79.9. The van der Waals surface area contributed by atoms with Crippen molar-refractivity contribution in [2.24, 2.45) is 0 Å². The van der Waals surface area contributed by atoms with E-state index in [0.717, 1.165) is 27.8 Å². The van der Waals surface area contributed by atoms with Crippen molar-refractivity contribution in [3.63, 3.8) is 0 Å². The highest BCUT2D eigenvalue weighted by Gasteiger charge is 2.43. The predicted molar refractivity (Wildman–Crippen MR) is 94.9 cm³/mol. The Labute approximate surface area is 148 Å². The van der Waals surface area contributed by atoms with Crippen LogP contribution in [0.4, 0.5) is 0 Å². The fourth-order valence-electron chi connectivity index (χ4n) is 3.86. The first-order valence-corrected chi connectivity index (χ1v) is 8.48. The summed E-state index contributed by atoms with van der Waals surface area (Å²) in [6, 6.07) is 10.9. The highest BCUT2D eigenvalue weighted by Crippen LogP contribution is 2.50. The van der Waals surface area contributed by atoms with Gasteiger partial charge < -0.3 is 5.11 Å². The maximum Gasteiger partial charge on any atom is 0.193 e. The van der Waals surface area contributed by atoms with Crippen LogP contribution in [0.1, 0.15) is 46.5 Å². The number of fused-ring (bicyclic) bond motifs is 3. The number of halogens is 1. The molecule has 2 aliphatic rings. The topological polar surface area (TPSA) is 61.1 Å². The third kappa shape index (κ3) is 1.85. The maximum absolute atomic E-state index is 13.1. The molecular weight excluding hydrogens is 366 g/mol. The Bertz CT molecular complexity index is 1010. The minimum atomic E-state index is -0.352. The van der Waals surface area contributed by atoms with Crippen molar-refractivity contribution in [1.29, 1.82) is 5.26 Å². The number of hydrogen-bond donors (Lipinski definition) is 1. The van der Waals surface area contributed by atoms with Crippen LogP contribution in [-0.2, 0) is 11.8 Å². The summed E-state index contributed by atoms with van der Waals surface area (Å²) in [6.45, 7) is 4.17. The number of carbonyl (C=O) groups excluding carboxylic acids is 1. The highest BCUT2D eigenvalue weighted by molar-refractivity contribution is 9.10. The predicted octanol–water partition coefficient (Wildman–Crippen LogP) is 4.51. The molecule has 3 nitrogen and oxygen atoms in total. The third-order valence-electron chi connectivity index (χ3n) is 5.15. The van der Waals surface area contributed by atoms with Crippen LogP contribution in [0.5, 0.6) is 5.75 Å². The van der Waals surface area contributed by atoms with Crippen molar-refractivity contribution >= 4 is 27.3 Å². The van der Waals surface area contributed by atoms with Gasteiger partial charge in [-0.15, -0.1) is 0 Å². The Morgan fingerprint density at radius 2 is 1.96 bits per heavy atom. The standard InChI is InChI=1S/C20H14BrNO2/c1-20(2)15-7-12(23)3-4-13(15)19(24)18-14-8-17(21)11(9-22)5-10(14)6-16(18)20/h3-5,7-8,23H,6H2,1-2H3. The molecule has 0 fully saturated rings. The van der Waals surface area contributed by atoms with Gasteiger partial charge in [-0.25, -0.2) is 0 Å². The van der Waals surface area contributed by atoms with Gasteiger partial charge in [-0.2, -0.15) is 5.26 Å². The number of phenolic OH excluding ortho intramolecular Hbond substituents is 1. The molecule has 2 aromatic carbocycles. The van der Waals surface area contributed by atoms with E-state index in [1.807, 2.05) is 12.1 Å². The first-order chi connectivity index (χ1) is 11.3. The maximum atomic E-state index is 13.1. The molecule has 0 saturated carbocycles. The van der Waals surface area contributed by atoms with Crippen molar-refractivity contribution in [1.82, 2.24) is 0 Å². The number of benzene rings is 2. The average molecular weight is 380 g/mol. The summed E-state index contributed by atoms with van der Waals surface area (Å²) in [6.07, 6.45) is 0.653. The fraction of sp³-hybridized carbons (Fsp3) is 0.200. The van der Waals surface area contributed by atoms with E-state index in [0.29, 0.717) is 22.0 Å². The number of carbonyl (C=O) groups is 1. The van der Waals surface area contributed by atoms with E-state index in [4.69, 9.17) is 0 Å². The second-order valence-electron chi connectivity index (χ2n) is 6.82. The molecule has 4 heteroatoms. The smallest absolute Gasteiger partial charge is 0.193 e. The number of Topliss-reactive ketones (excluding diaryl/α,β-unsaturated/α-hetero) is 1. The summed E-state index contributed by atoms with van der Waals surface area (Å²) in [7, 11) is 0. The molecule has 118 valence electrons. The first-order valence-electron chi connectivity index (χ1n) is 7.69. The van der Waals surface area contributed by atoms with E-state index in [9.17, 15) is 15.2 Å². The van der Waals surface area contributed by atoms with Gasteiger partial charge in [-0.3, -0.25) is 4.79 Å². The number of phenols is 1. The lowest BCUT2D eigenvalue weighted by Gasteiger charge is -2.34. The molecule has 0 atom stereocenters. The molecule has 0 heterocycles. The van der Waals surface area contributed by atoms with Gasteiger partial charge in [0.15, 0.2) is 5.78 Å². The van der Waals surface area contributed by atoms with E-state index in [1.54, 1.807) is 18.2 Å². The number of rotatable bonds is 0. The van der Waals surface area contributed by atoms with Gasteiger partial charge in [0.25, 0.3) is 0 Å². The molecule has 0 unspecified atom stereocenters. The van der Waals surface area contributed by atoms with E-state index in [1.165, 1.54) is 0 Å². The van der Waals surface area contributed by atoms with Crippen LogP contribution < -0.4 is 0 Å². The molecule has 0 bridgehead atoms. The Hall–Kier alpha value is -2.38. The zero-order valence-corrected chi connectivity index (χ0v) is 14.9. The largest absolute Gasteiger partial charge is 0.508 e. The number of aromatic hydroxyl groups is 1. The summed E-state index contributed by atoms with van der Waals surface area (Å²) < 4.78 is 0.708. The fourth-order valence-corrected chi connectivity index (χ4v) is 4.29. The van der Waals surface area contributed by atoms with Crippen molar-refractivity contribution in [3.8, 4) is 11.8 Å². The van der Waals surface area contributed by atoms with Crippen molar-refractivity contribution in [3.05, 3.63) is 68.2 Å². The average Bonchev–Trinajstić information content (AvgIpc) is 2.91. The molecule has 2 aliphatic carbocycles. The number of allylic oxidation sites excluding steroid dienone is 2. The second kappa shape index (κ2) is 4.81. The van der Waals surface area contributed by atoms with Gasteiger partial charge in [0.2, 0.25) is 0 Å². The second-order valence-corrected chi connectivity index (χ2v) is 7.67. The Morgan fingerprint density at radius 1 is 1.21 bits per heavy atom. The van der Waals surface area contributed by atoms with Crippen LogP contribution in [0.25, 0.3) is 5.57 Å². The number of nitriles is 1. The van der Waals surface area contributed by atoms with Gasteiger partial charge in [0.05, 0.1) is 5.56 Å². The lowest BCUT2D eigenvalue weighted by Crippen LogP contribution is -2.29. The zero-order valence-electron chi connectivity index (χ0n) is 13.3. The summed E-state index contributed by atoms with van der Waals surface area (Å²) in [5.74, 6) is 0.165. The molecule has 1 N–H and O–H groups in total. The molecule has 4 rings (SSSR count). The third-order valence-corrected chi connectivity index (χ3v) is 5.81. The monoisotopic (exact) mass is 379 g/mol. The molecule has 0 saturated heterocycles. The van der Waals surface area contributed by atoms with E-state index in [2.05, 4.69) is 35.8 Å². The number of ketones is 1. The molecule has 2 aromatic rings. The molecule has 24 heavy (non-hydrogen) atoms. The quantitative estimate of drug-likeness (QED) is 0.732. The van der Waals surface area contributed by atoms with E-state index >= 15 is 0 Å². The van der Waals surface area contributed by atoms with Crippen LogP contribution >= 0.6 is 15.9 Å².